The van der Waals surface area contributed by atoms with Gasteiger partial charge >= 0.3 is 0 Å². The van der Waals surface area contributed by atoms with E-state index in [2.05, 4.69) is 25.8 Å². The normalized spacial score (nSPS) is 10.6. The molecule has 21 heavy (non-hydrogen) atoms. The van der Waals surface area contributed by atoms with Crippen molar-refractivity contribution in [2.24, 2.45) is 5.84 Å². The minimum Gasteiger partial charge on any atom is -0.374 e. The van der Waals surface area contributed by atoms with Gasteiger partial charge in [0.15, 0.2) is 5.82 Å². The molecule has 0 fully saturated rings. The van der Waals surface area contributed by atoms with E-state index in [0.29, 0.717) is 37.2 Å². The summed E-state index contributed by atoms with van der Waals surface area (Å²) < 4.78 is 7.20. The van der Waals surface area contributed by atoms with E-state index < -0.39 is 0 Å². The van der Waals surface area contributed by atoms with E-state index in [0.717, 1.165) is 12.1 Å². The number of hydrogen-bond donors (Lipinski definition) is 3. The van der Waals surface area contributed by atoms with Crippen LogP contribution in [-0.4, -0.2) is 32.9 Å². The van der Waals surface area contributed by atoms with Gasteiger partial charge in [-0.05, 0) is 19.4 Å². The first-order valence-electron chi connectivity index (χ1n) is 6.86. The number of ether oxygens (including phenoxy) is 1. The predicted molar refractivity (Wildman–Crippen MR) is 80.6 cm³/mol. The second kappa shape index (κ2) is 7.55. The van der Waals surface area contributed by atoms with E-state index in [1.807, 2.05) is 30.9 Å². The molecule has 8 nitrogen and oxygen atoms in total. The topological polar surface area (TPSA) is 103 Å². The zero-order valence-electron chi connectivity index (χ0n) is 12.3. The van der Waals surface area contributed by atoms with Crippen molar-refractivity contribution in [3.05, 3.63) is 29.8 Å². The summed E-state index contributed by atoms with van der Waals surface area (Å²) in [6.07, 6.45) is 3.83. The fourth-order valence-electron chi connectivity index (χ4n) is 1.81. The molecule has 0 radical (unpaired) electrons. The Labute approximate surface area is 123 Å². The summed E-state index contributed by atoms with van der Waals surface area (Å²) in [5.74, 6) is 7.26. The Balaban J connectivity index is 1.94. The van der Waals surface area contributed by atoms with Crippen molar-refractivity contribution in [2.45, 2.75) is 27.0 Å². The van der Waals surface area contributed by atoms with Gasteiger partial charge in [-0.25, -0.2) is 15.8 Å². The van der Waals surface area contributed by atoms with Crippen LogP contribution < -0.4 is 16.6 Å². The van der Waals surface area contributed by atoms with Gasteiger partial charge in [0.25, 0.3) is 0 Å². The number of anilines is 2. The van der Waals surface area contributed by atoms with Gasteiger partial charge in [-0.3, -0.25) is 4.68 Å². The summed E-state index contributed by atoms with van der Waals surface area (Å²) in [5.41, 5.74) is 3.68. The lowest BCUT2D eigenvalue weighted by atomic mass is 10.4. The van der Waals surface area contributed by atoms with Crippen LogP contribution in [0.4, 0.5) is 11.6 Å². The fourth-order valence-corrected chi connectivity index (χ4v) is 1.81. The van der Waals surface area contributed by atoms with Gasteiger partial charge in [0, 0.05) is 25.4 Å². The molecule has 8 heteroatoms. The van der Waals surface area contributed by atoms with Gasteiger partial charge < -0.3 is 15.5 Å². The van der Waals surface area contributed by atoms with Crippen LogP contribution in [-0.2, 0) is 17.9 Å². The van der Waals surface area contributed by atoms with Crippen LogP contribution in [0, 0.1) is 6.92 Å². The van der Waals surface area contributed by atoms with Crippen LogP contribution in [0.25, 0.3) is 0 Å². The third kappa shape index (κ3) is 4.69. The number of nitrogens with two attached hydrogens (primary N) is 1. The van der Waals surface area contributed by atoms with Crippen molar-refractivity contribution >= 4 is 11.6 Å². The fraction of sp³-hybridized carbons (Fsp3) is 0.462. The molecule has 0 aliphatic carbocycles. The van der Waals surface area contributed by atoms with Crippen molar-refractivity contribution in [1.82, 2.24) is 19.7 Å². The maximum Gasteiger partial charge on any atom is 0.158 e. The average Bonchev–Trinajstić information content (AvgIpc) is 2.90. The largest absolute Gasteiger partial charge is 0.374 e. The minimum atomic E-state index is 0.360. The summed E-state index contributed by atoms with van der Waals surface area (Å²) in [5, 5.41) is 7.46. The number of nitrogen functional groups attached to an aromatic ring is 1. The first-order valence-corrected chi connectivity index (χ1v) is 6.86. The molecule has 0 aromatic carbocycles. The number of aromatic nitrogens is 4. The zero-order valence-corrected chi connectivity index (χ0v) is 12.3. The van der Waals surface area contributed by atoms with E-state index in [1.165, 1.54) is 0 Å². The Hall–Kier alpha value is -2.19. The second-order valence-corrected chi connectivity index (χ2v) is 4.54. The lowest BCUT2D eigenvalue weighted by molar-refractivity contribution is 0.128. The highest BCUT2D eigenvalue weighted by molar-refractivity contribution is 5.46. The number of nitrogens with zero attached hydrogens (tertiary/aromatic N) is 4. The maximum atomic E-state index is 5.42. The highest BCUT2D eigenvalue weighted by Crippen LogP contribution is 2.11. The van der Waals surface area contributed by atoms with Crippen molar-refractivity contribution in [3.8, 4) is 0 Å². The molecule has 0 amide bonds. The van der Waals surface area contributed by atoms with E-state index in [9.17, 15) is 0 Å². The molecule has 4 N–H and O–H groups in total. The van der Waals surface area contributed by atoms with Crippen LogP contribution in [0.2, 0.25) is 0 Å². The first kappa shape index (κ1) is 15.2. The summed E-state index contributed by atoms with van der Waals surface area (Å²) >= 11 is 0. The summed E-state index contributed by atoms with van der Waals surface area (Å²) in [6.45, 7) is 6.38. The molecule has 2 heterocycles. The van der Waals surface area contributed by atoms with E-state index in [-0.39, 0.29) is 0 Å². The summed E-state index contributed by atoms with van der Waals surface area (Å²) in [6, 6.07) is 1.75. The van der Waals surface area contributed by atoms with Gasteiger partial charge in [0.05, 0.1) is 12.7 Å². The van der Waals surface area contributed by atoms with Crippen molar-refractivity contribution < 1.29 is 4.74 Å². The van der Waals surface area contributed by atoms with Crippen molar-refractivity contribution in [3.63, 3.8) is 0 Å². The highest BCUT2D eigenvalue weighted by Gasteiger charge is 2.04. The standard InChI is InChI=1S/C13H21N7O/c1-3-21-9-13-17-11(6-12(18-13)19-14)15-4-5-20-8-10(2)7-16-20/h6-8H,3-5,9,14H2,1-2H3,(H2,15,17,18,19). The smallest absolute Gasteiger partial charge is 0.158 e. The van der Waals surface area contributed by atoms with Gasteiger partial charge in [0.2, 0.25) is 0 Å². The molecule has 0 spiro atoms. The average molecular weight is 291 g/mol. The predicted octanol–water partition coefficient (Wildman–Crippen LogP) is 0.916. The monoisotopic (exact) mass is 291 g/mol. The Morgan fingerprint density at radius 3 is 2.81 bits per heavy atom. The molecule has 0 unspecified atom stereocenters. The van der Waals surface area contributed by atoms with Crippen LogP contribution in [0.5, 0.6) is 0 Å². The molecule has 0 bridgehead atoms. The zero-order chi connectivity index (χ0) is 15.1. The van der Waals surface area contributed by atoms with Crippen LogP contribution in [0.1, 0.15) is 18.3 Å². The molecule has 2 rings (SSSR count). The Morgan fingerprint density at radius 1 is 1.33 bits per heavy atom. The Kier molecular flexibility index (Phi) is 5.47. The number of aryl methyl sites for hydroxylation is 1. The molecule has 114 valence electrons. The molecular formula is C13H21N7O. The maximum absolute atomic E-state index is 5.42. The SMILES string of the molecule is CCOCc1nc(NN)cc(NCCn2cc(C)cn2)n1. The molecule has 0 aliphatic rings. The van der Waals surface area contributed by atoms with Gasteiger partial charge in [0.1, 0.15) is 18.2 Å². The van der Waals surface area contributed by atoms with Gasteiger partial charge in [-0.15, -0.1) is 0 Å². The number of nitrogens with one attached hydrogen (secondary N) is 2. The molecule has 0 aliphatic heterocycles. The molecule has 2 aromatic rings. The van der Waals surface area contributed by atoms with Crippen molar-refractivity contribution in [2.75, 3.05) is 23.9 Å². The Bertz CT molecular complexity index is 569. The van der Waals surface area contributed by atoms with Crippen LogP contribution in [0.15, 0.2) is 18.5 Å². The number of rotatable bonds is 8. The number of hydrazine groups is 1. The molecule has 0 atom stereocenters. The van der Waals surface area contributed by atoms with Crippen molar-refractivity contribution in [1.29, 1.82) is 0 Å². The lowest BCUT2D eigenvalue weighted by Crippen LogP contribution is -2.15. The van der Waals surface area contributed by atoms with Gasteiger partial charge in [-0.1, -0.05) is 0 Å². The molecule has 0 saturated carbocycles. The number of hydrogen-bond acceptors (Lipinski definition) is 7. The highest BCUT2D eigenvalue weighted by atomic mass is 16.5. The summed E-state index contributed by atoms with van der Waals surface area (Å²) in [4.78, 5) is 8.61. The minimum absolute atomic E-state index is 0.360. The summed E-state index contributed by atoms with van der Waals surface area (Å²) in [7, 11) is 0. The second-order valence-electron chi connectivity index (χ2n) is 4.54. The van der Waals surface area contributed by atoms with E-state index in [4.69, 9.17) is 10.6 Å². The van der Waals surface area contributed by atoms with E-state index in [1.54, 1.807) is 6.07 Å². The first-order chi connectivity index (χ1) is 10.2. The van der Waals surface area contributed by atoms with Crippen LogP contribution >= 0.6 is 0 Å². The molecule has 0 saturated heterocycles. The quantitative estimate of drug-likeness (QED) is 0.491. The molecular weight excluding hydrogens is 270 g/mol. The van der Waals surface area contributed by atoms with E-state index >= 15 is 0 Å². The molecule has 2 aromatic heterocycles. The van der Waals surface area contributed by atoms with Crippen LogP contribution in [0.3, 0.4) is 0 Å². The Morgan fingerprint density at radius 2 is 2.14 bits per heavy atom. The third-order valence-electron chi connectivity index (χ3n) is 2.76. The third-order valence-corrected chi connectivity index (χ3v) is 2.76. The van der Waals surface area contributed by atoms with Gasteiger partial charge in [-0.2, -0.15) is 5.10 Å². The lowest BCUT2D eigenvalue weighted by Gasteiger charge is -2.10.